The van der Waals surface area contributed by atoms with Gasteiger partial charge >= 0.3 is 0 Å². The number of halogens is 1. The van der Waals surface area contributed by atoms with Crippen LogP contribution in [0.25, 0.3) is 5.69 Å². The Balaban J connectivity index is 1.22. The lowest BCUT2D eigenvalue weighted by atomic mass is 9.98. The summed E-state index contributed by atoms with van der Waals surface area (Å²) in [5.41, 5.74) is 0.857. The van der Waals surface area contributed by atoms with E-state index in [0.717, 1.165) is 17.8 Å². The Morgan fingerprint density at radius 2 is 1.66 bits per heavy atom. The topological polar surface area (TPSA) is 105 Å². The van der Waals surface area contributed by atoms with Gasteiger partial charge in [0.2, 0.25) is 21.9 Å². The number of hydrogen-bond donors (Lipinski definition) is 0. The van der Waals surface area contributed by atoms with E-state index in [0.29, 0.717) is 51.5 Å². The van der Waals surface area contributed by atoms with E-state index in [1.165, 1.54) is 16.4 Å². The molecule has 2 aliphatic heterocycles. The van der Waals surface area contributed by atoms with Crippen LogP contribution in [0.2, 0.25) is 0 Å². The van der Waals surface area contributed by atoms with Gasteiger partial charge in [0.1, 0.15) is 5.82 Å². The first-order chi connectivity index (χ1) is 16.9. The summed E-state index contributed by atoms with van der Waals surface area (Å²) in [6.45, 7) is 2.63. The number of piperidine rings is 1. The molecule has 2 fully saturated rings. The van der Waals surface area contributed by atoms with Crippen molar-refractivity contribution in [2.45, 2.75) is 17.7 Å². The highest BCUT2D eigenvalue weighted by molar-refractivity contribution is 7.89. The Labute approximate surface area is 203 Å². The van der Waals surface area contributed by atoms with E-state index in [-0.39, 0.29) is 17.3 Å². The number of carbonyl (C=O) groups excluding carboxylic acids is 1. The molecule has 12 heteroatoms. The van der Waals surface area contributed by atoms with Gasteiger partial charge in [-0.3, -0.25) is 4.79 Å². The lowest BCUT2D eigenvalue weighted by molar-refractivity contribution is -0.137. The second-order valence-corrected chi connectivity index (χ2v) is 10.6. The number of rotatable bonds is 5. The summed E-state index contributed by atoms with van der Waals surface area (Å²) < 4.78 is 42.3. The van der Waals surface area contributed by atoms with Gasteiger partial charge in [0, 0.05) is 39.3 Å². The number of para-hydroxylation sites is 1. The number of benzene rings is 2. The van der Waals surface area contributed by atoms with Crippen molar-refractivity contribution in [1.29, 1.82) is 0 Å². The molecule has 2 saturated heterocycles. The third kappa shape index (κ3) is 4.76. The number of nitrogens with zero attached hydrogens (tertiary/aromatic N) is 7. The molecule has 0 radical (unpaired) electrons. The van der Waals surface area contributed by atoms with Crippen molar-refractivity contribution < 1.29 is 17.6 Å². The molecule has 5 rings (SSSR count). The molecule has 0 N–H and O–H groups in total. The maximum absolute atomic E-state index is 13.3. The lowest BCUT2D eigenvalue weighted by Gasteiger charge is -2.38. The molecule has 184 valence electrons. The number of carbonyl (C=O) groups is 1. The number of aromatic nitrogens is 4. The standard InChI is InChI=1S/C23H26FN7O3S/c24-19-8-10-21(11-9-19)35(33,34)30-12-4-5-18(17-30)22(32)28-13-15-29(16-14-28)23-25-26-27-31(23)20-6-2-1-3-7-20/h1-3,6-11,18H,4-5,12-17H2. The molecule has 0 saturated carbocycles. The molecule has 1 atom stereocenters. The quantitative estimate of drug-likeness (QED) is 0.525. The van der Waals surface area contributed by atoms with Crippen LogP contribution in [0.5, 0.6) is 0 Å². The first-order valence-electron chi connectivity index (χ1n) is 11.6. The average molecular weight is 500 g/mol. The molecule has 2 aliphatic rings. The molecule has 35 heavy (non-hydrogen) atoms. The van der Waals surface area contributed by atoms with Gasteiger partial charge in [-0.25, -0.2) is 12.8 Å². The maximum Gasteiger partial charge on any atom is 0.250 e. The van der Waals surface area contributed by atoms with E-state index in [1.807, 2.05) is 35.2 Å². The summed E-state index contributed by atoms with van der Waals surface area (Å²) in [7, 11) is -3.78. The first-order valence-corrected chi connectivity index (χ1v) is 13.0. The summed E-state index contributed by atoms with van der Waals surface area (Å²) in [5.74, 6) is -0.309. The molecule has 2 aromatic carbocycles. The second kappa shape index (κ2) is 9.70. The van der Waals surface area contributed by atoms with Crippen LogP contribution in [0.1, 0.15) is 12.8 Å². The highest BCUT2D eigenvalue weighted by Gasteiger charge is 2.36. The first kappa shape index (κ1) is 23.4. The number of hydrogen-bond acceptors (Lipinski definition) is 7. The van der Waals surface area contributed by atoms with Crippen LogP contribution in [-0.2, 0) is 14.8 Å². The van der Waals surface area contributed by atoms with Gasteiger partial charge in [0.25, 0.3) is 0 Å². The molecule has 3 aromatic rings. The largest absolute Gasteiger partial charge is 0.339 e. The Morgan fingerprint density at radius 1 is 0.943 bits per heavy atom. The summed E-state index contributed by atoms with van der Waals surface area (Å²) in [6.07, 6.45) is 1.24. The fourth-order valence-electron chi connectivity index (χ4n) is 4.62. The monoisotopic (exact) mass is 499 g/mol. The Morgan fingerprint density at radius 3 is 2.37 bits per heavy atom. The summed E-state index contributed by atoms with van der Waals surface area (Å²) in [5, 5.41) is 12.1. The molecule has 1 amide bonds. The molecular formula is C23H26FN7O3S. The zero-order valence-corrected chi connectivity index (χ0v) is 19.9. The Bertz CT molecular complexity index is 1280. The molecule has 1 unspecified atom stereocenters. The summed E-state index contributed by atoms with van der Waals surface area (Å²) >= 11 is 0. The third-order valence-electron chi connectivity index (χ3n) is 6.51. The van der Waals surface area contributed by atoms with Crippen LogP contribution < -0.4 is 4.90 Å². The minimum atomic E-state index is -3.78. The fraction of sp³-hybridized carbons (Fsp3) is 0.391. The number of anilines is 1. The molecule has 1 aromatic heterocycles. The van der Waals surface area contributed by atoms with E-state index in [1.54, 1.807) is 9.58 Å². The molecule has 3 heterocycles. The van der Waals surface area contributed by atoms with Crippen molar-refractivity contribution in [3.8, 4) is 5.69 Å². The van der Waals surface area contributed by atoms with Crippen LogP contribution in [0.15, 0.2) is 59.5 Å². The van der Waals surface area contributed by atoms with Crippen LogP contribution in [0, 0.1) is 11.7 Å². The van der Waals surface area contributed by atoms with Crippen molar-refractivity contribution in [3.63, 3.8) is 0 Å². The van der Waals surface area contributed by atoms with Crippen LogP contribution >= 0.6 is 0 Å². The predicted octanol–water partition coefficient (Wildman–Crippen LogP) is 1.55. The number of piperazine rings is 1. The van der Waals surface area contributed by atoms with E-state index in [9.17, 15) is 17.6 Å². The zero-order chi connectivity index (χ0) is 24.4. The van der Waals surface area contributed by atoms with Crippen LogP contribution in [0.3, 0.4) is 0 Å². The molecule has 0 spiro atoms. The van der Waals surface area contributed by atoms with Gasteiger partial charge in [0.05, 0.1) is 16.5 Å². The highest BCUT2D eigenvalue weighted by atomic mass is 32.2. The Kier molecular flexibility index (Phi) is 6.48. The van der Waals surface area contributed by atoms with Gasteiger partial charge in [-0.05, 0) is 59.7 Å². The maximum atomic E-state index is 13.3. The number of tetrazole rings is 1. The zero-order valence-electron chi connectivity index (χ0n) is 19.1. The minimum absolute atomic E-state index is 0.0358. The fourth-order valence-corrected chi connectivity index (χ4v) is 6.14. The second-order valence-electron chi connectivity index (χ2n) is 8.69. The number of sulfonamides is 1. The molecule has 0 bridgehead atoms. The van der Waals surface area contributed by atoms with Crippen molar-refractivity contribution >= 4 is 21.9 Å². The smallest absolute Gasteiger partial charge is 0.250 e. The van der Waals surface area contributed by atoms with Crippen molar-refractivity contribution in [3.05, 3.63) is 60.4 Å². The highest BCUT2D eigenvalue weighted by Crippen LogP contribution is 2.26. The normalized spacial score (nSPS) is 19.6. The molecule has 0 aliphatic carbocycles. The summed E-state index contributed by atoms with van der Waals surface area (Å²) in [6, 6.07) is 14.4. The van der Waals surface area contributed by atoms with Crippen LogP contribution in [0.4, 0.5) is 10.3 Å². The minimum Gasteiger partial charge on any atom is -0.339 e. The van der Waals surface area contributed by atoms with Crippen molar-refractivity contribution in [1.82, 2.24) is 29.4 Å². The van der Waals surface area contributed by atoms with E-state index >= 15 is 0 Å². The number of amides is 1. The van der Waals surface area contributed by atoms with Crippen LogP contribution in [-0.4, -0.2) is 83.0 Å². The van der Waals surface area contributed by atoms with Gasteiger partial charge in [0.15, 0.2) is 0 Å². The predicted molar refractivity (Wildman–Crippen MR) is 126 cm³/mol. The molecular weight excluding hydrogens is 473 g/mol. The van der Waals surface area contributed by atoms with Gasteiger partial charge in [-0.15, -0.1) is 0 Å². The summed E-state index contributed by atoms with van der Waals surface area (Å²) in [4.78, 5) is 17.2. The van der Waals surface area contributed by atoms with Gasteiger partial charge in [-0.1, -0.05) is 23.3 Å². The van der Waals surface area contributed by atoms with Gasteiger partial charge < -0.3 is 9.80 Å². The third-order valence-corrected chi connectivity index (χ3v) is 8.39. The van der Waals surface area contributed by atoms with E-state index < -0.39 is 21.8 Å². The average Bonchev–Trinajstić information content (AvgIpc) is 3.39. The van der Waals surface area contributed by atoms with E-state index in [2.05, 4.69) is 15.5 Å². The van der Waals surface area contributed by atoms with Crippen molar-refractivity contribution in [2.24, 2.45) is 5.92 Å². The molecule has 10 nitrogen and oxygen atoms in total. The van der Waals surface area contributed by atoms with Crippen molar-refractivity contribution in [2.75, 3.05) is 44.2 Å². The van der Waals surface area contributed by atoms with Gasteiger partial charge in [-0.2, -0.15) is 8.99 Å². The van der Waals surface area contributed by atoms with E-state index in [4.69, 9.17) is 0 Å². The lowest BCUT2D eigenvalue weighted by Crippen LogP contribution is -2.53. The Hall–Kier alpha value is -3.38. The SMILES string of the molecule is O=C(C1CCCN(S(=O)(=O)c2ccc(F)cc2)C1)N1CCN(c2nnnn2-c2ccccc2)CC1.